The Bertz CT molecular complexity index is 713. The van der Waals surface area contributed by atoms with Gasteiger partial charge in [-0.2, -0.15) is 0 Å². The molecule has 19 heavy (non-hydrogen) atoms. The number of rotatable bonds is 3. The normalized spacial score (nSPS) is 13.0. The number of furan rings is 1. The van der Waals surface area contributed by atoms with E-state index >= 15 is 0 Å². The summed E-state index contributed by atoms with van der Waals surface area (Å²) in [5.74, 6) is 6.40. The highest BCUT2D eigenvalue weighted by molar-refractivity contribution is 5.78. The molecule has 3 aromatic rings. The Morgan fingerprint density at radius 1 is 1.37 bits per heavy atom. The Morgan fingerprint density at radius 2 is 2.21 bits per heavy atom. The zero-order valence-electron chi connectivity index (χ0n) is 10.9. The third kappa shape index (κ3) is 2.14. The van der Waals surface area contributed by atoms with Gasteiger partial charge in [0, 0.05) is 18.6 Å². The highest BCUT2D eigenvalue weighted by Crippen LogP contribution is 2.27. The minimum absolute atomic E-state index is 0.242. The molecule has 5 nitrogen and oxygen atoms in total. The zero-order valence-corrected chi connectivity index (χ0v) is 10.9. The summed E-state index contributed by atoms with van der Waals surface area (Å²) >= 11 is 0. The Morgan fingerprint density at radius 3 is 2.89 bits per heavy atom. The van der Waals surface area contributed by atoms with Crippen molar-refractivity contribution in [1.29, 1.82) is 0 Å². The summed E-state index contributed by atoms with van der Waals surface area (Å²) in [5, 5.41) is 1.08. The molecule has 1 atom stereocenters. The van der Waals surface area contributed by atoms with Crippen molar-refractivity contribution >= 4 is 11.0 Å². The molecule has 1 unspecified atom stereocenters. The maximum atomic E-state index is 5.85. The van der Waals surface area contributed by atoms with Crippen molar-refractivity contribution in [2.24, 2.45) is 12.9 Å². The van der Waals surface area contributed by atoms with E-state index in [9.17, 15) is 0 Å². The Hall–Kier alpha value is -2.11. The molecule has 0 aliphatic carbocycles. The minimum atomic E-state index is -0.242. The topological polar surface area (TPSA) is 69.0 Å². The number of aromatic nitrogens is 2. The number of benzene rings is 1. The number of hydrogen-bond donors (Lipinski definition) is 2. The van der Waals surface area contributed by atoms with Crippen molar-refractivity contribution in [3.05, 3.63) is 53.8 Å². The minimum Gasteiger partial charge on any atom is -0.459 e. The third-order valence-electron chi connectivity index (χ3n) is 3.16. The SMILES string of the molecule is Cc1ccc2oc(C(NN)c3cn(C)cn3)cc2c1. The number of hydrazine groups is 1. The van der Waals surface area contributed by atoms with Crippen LogP contribution in [0.4, 0.5) is 0 Å². The molecule has 0 aliphatic heterocycles. The molecular formula is C14H16N4O. The van der Waals surface area contributed by atoms with Gasteiger partial charge in [0.05, 0.1) is 12.0 Å². The van der Waals surface area contributed by atoms with Crippen molar-refractivity contribution in [1.82, 2.24) is 15.0 Å². The summed E-state index contributed by atoms with van der Waals surface area (Å²) < 4.78 is 7.73. The van der Waals surface area contributed by atoms with Gasteiger partial charge in [0.15, 0.2) is 0 Å². The van der Waals surface area contributed by atoms with Crippen LogP contribution in [0.15, 0.2) is 41.2 Å². The Kier molecular flexibility index (Phi) is 2.85. The van der Waals surface area contributed by atoms with Crippen molar-refractivity contribution in [3.8, 4) is 0 Å². The van der Waals surface area contributed by atoms with Gasteiger partial charge in [-0.05, 0) is 25.1 Å². The van der Waals surface area contributed by atoms with Gasteiger partial charge in [-0.25, -0.2) is 10.4 Å². The fourth-order valence-electron chi connectivity index (χ4n) is 2.22. The van der Waals surface area contributed by atoms with E-state index in [0.717, 1.165) is 22.4 Å². The number of nitrogens with zero attached hydrogens (tertiary/aromatic N) is 2. The first-order valence-electron chi connectivity index (χ1n) is 6.11. The highest BCUT2D eigenvalue weighted by atomic mass is 16.3. The lowest BCUT2D eigenvalue weighted by molar-refractivity contribution is 0.472. The second-order valence-corrected chi connectivity index (χ2v) is 4.75. The number of nitrogens with two attached hydrogens (primary N) is 1. The molecule has 0 saturated carbocycles. The molecule has 2 aromatic heterocycles. The molecule has 0 amide bonds. The van der Waals surface area contributed by atoms with Crippen LogP contribution < -0.4 is 11.3 Å². The number of aryl methyl sites for hydroxylation is 2. The number of imidazole rings is 1. The van der Waals surface area contributed by atoms with Gasteiger partial charge >= 0.3 is 0 Å². The average Bonchev–Trinajstić information content (AvgIpc) is 2.96. The largest absolute Gasteiger partial charge is 0.459 e. The quantitative estimate of drug-likeness (QED) is 0.555. The second-order valence-electron chi connectivity index (χ2n) is 4.75. The van der Waals surface area contributed by atoms with Gasteiger partial charge in [0.2, 0.25) is 0 Å². The molecule has 98 valence electrons. The summed E-state index contributed by atoms with van der Waals surface area (Å²) in [6.45, 7) is 2.06. The highest BCUT2D eigenvalue weighted by Gasteiger charge is 2.19. The molecule has 0 radical (unpaired) electrons. The molecular weight excluding hydrogens is 240 g/mol. The molecule has 0 spiro atoms. The molecule has 0 bridgehead atoms. The predicted molar refractivity (Wildman–Crippen MR) is 73.3 cm³/mol. The van der Waals surface area contributed by atoms with E-state index in [1.165, 1.54) is 5.56 Å². The fourth-order valence-corrected chi connectivity index (χ4v) is 2.22. The van der Waals surface area contributed by atoms with Gasteiger partial charge in [-0.1, -0.05) is 11.6 Å². The predicted octanol–water partition coefficient (Wildman–Crippen LogP) is 2.03. The van der Waals surface area contributed by atoms with Crippen LogP contribution in [0.5, 0.6) is 0 Å². The average molecular weight is 256 g/mol. The van der Waals surface area contributed by atoms with Crippen LogP contribution in [-0.2, 0) is 7.05 Å². The van der Waals surface area contributed by atoms with Gasteiger partial charge in [0.1, 0.15) is 17.4 Å². The van der Waals surface area contributed by atoms with Crippen molar-refractivity contribution in [3.63, 3.8) is 0 Å². The number of fused-ring (bicyclic) bond motifs is 1. The van der Waals surface area contributed by atoms with E-state index < -0.39 is 0 Å². The van der Waals surface area contributed by atoms with E-state index in [1.807, 2.05) is 36.0 Å². The Labute approximate surface area is 111 Å². The molecule has 2 heterocycles. The maximum Gasteiger partial charge on any atom is 0.134 e. The van der Waals surface area contributed by atoms with Crippen molar-refractivity contribution < 1.29 is 4.42 Å². The van der Waals surface area contributed by atoms with Gasteiger partial charge in [-0.3, -0.25) is 5.84 Å². The number of nitrogens with one attached hydrogen (secondary N) is 1. The Balaban J connectivity index is 2.06. The van der Waals surface area contributed by atoms with E-state index in [-0.39, 0.29) is 6.04 Å². The van der Waals surface area contributed by atoms with Gasteiger partial charge in [-0.15, -0.1) is 0 Å². The lowest BCUT2D eigenvalue weighted by Gasteiger charge is -2.09. The number of hydrogen-bond acceptors (Lipinski definition) is 4. The van der Waals surface area contributed by atoms with Crippen LogP contribution >= 0.6 is 0 Å². The second kappa shape index (κ2) is 4.53. The van der Waals surface area contributed by atoms with Crippen LogP contribution in [0, 0.1) is 6.92 Å². The third-order valence-corrected chi connectivity index (χ3v) is 3.16. The summed E-state index contributed by atoms with van der Waals surface area (Å²) in [6, 6.07) is 7.85. The summed E-state index contributed by atoms with van der Waals surface area (Å²) in [5.41, 5.74) is 5.65. The van der Waals surface area contributed by atoms with Crippen LogP contribution in [-0.4, -0.2) is 9.55 Å². The molecule has 0 fully saturated rings. The molecule has 0 aliphatic rings. The van der Waals surface area contributed by atoms with E-state index in [4.69, 9.17) is 10.3 Å². The standard InChI is InChI=1S/C14H16N4O/c1-9-3-4-12-10(5-9)6-13(19-12)14(17-15)11-7-18(2)8-16-11/h3-8,14,17H,15H2,1-2H3. The monoisotopic (exact) mass is 256 g/mol. The van der Waals surface area contributed by atoms with Crippen LogP contribution in [0.3, 0.4) is 0 Å². The first-order chi connectivity index (χ1) is 9.17. The summed E-state index contributed by atoms with van der Waals surface area (Å²) in [6.07, 6.45) is 3.66. The summed E-state index contributed by atoms with van der Waals surface area (Å²) in [4.78, 5) is 4.31. The van der Waals surface area contributed by atoms with E-state index in [0.29, 0.717) is 0 Å². The van der Waals surface area contributed by atoms with Crippen LogP contribution in [0.2, 0.25) is 0 Å². The van der Waals surface area contributed by atoms with Gasteiger partial charge in [0.25, 0.3) is 0 Å². The molecule has 1 aromatic carbocycles. The van der Waals surface area contributed by atoms with Gasteiger partial charge < -0.3 is 8.98 Å². The first-order valence-corrected chi connectivity index (χ1v) is 6.11. The molecule has 3 rings (SSSR count). The van der Waals surface area contributed by atoms with E-state index in [2.05, 4.69) is 23.4 Å². The van der Waals surface area contributed by atoms with Crippen molar-refractivity contribution in [2.45, 2.75) is 13.0 Å². The lowest BCUT2D eigenvalue weighted by Crippen LogP contribution is -2.28. The first kappa shape index (κ1) is 12.0. The molecule has 0 saturated heterocycles. The van der Waals surface area contributed by atoms with Crippen molar-refractivity contribution in [2.75, 3.05) is 0 Å². The smallest absolute Gasteiger partial charge is 0.134 e. The zero-order chi connectivity index (χ0) is 13.4. The fraction of sp³-hybridized carbons (Fsp3) is 0.214. The van der Waals surface area contributed by atoms with Crippen LogP contribution in [0.1, 0.15) is 23.1 Å². The summed E-state index contributed by atoms with van der Waals surface area (Å²) in [7, 11) is 1.92. The van der Waals surface area contributed by atoms with Crippen LogP contribution in [0.25, 0.3) is 11.0 Å². The maximum absolute atomic E-state index is 5.85. The lowest BCUT2D eigenvalue weighted by atomic mass is 10.1. The molecule has 5 heteroatoms. The molecule has 3 N–H and O–H groups in total. The van der Waals surface area contributed by atoms with E-state index in [1.54, 1.807) is 6.33 Å².